The monoisotopic (exact) mass is 175 g/mol. The molecular formula is C11H13NO. The van der Waals surface area contributed by atoms with Gasteiger partial charge in [-0.1, -0.05) is 30.3 Å². The lowest BCUT2D eigenvalue weighted by atomic mass is 10.0. The zero-order chi connectivity index (χ0) is 9.68. The summed E-state index contributed by atoms with van der Waals surface area (Å²) in [4.78, 5) is 11.0. The highest BCUT2D eigenvalue weighted by molar-refractivity contribution is 5.93. The van der Waals surface area contributed by atoms with Crippen molar-refractivity contribution in [2.45, 2.75) is 13.3 Å². The SMILES string of the molecule is CC(=O)/C(=C/N)Cc1ccccc1. The molecule has 0 aliphatic rings. The van der Waals surface area contributed by atoms with E-state index < -0.39 is 0 Å². The Morgan fingerprint density at radius 1 is 1.38 bits per heavy atom. The van der Waals surface area contributed by atoms with Gasteiger partial charge in [0.2, 0.25) is 0 Å². The minimum absolute atomic E-state index is 0.0337. The second-order valence-electron chi connectivity index (χ2n) is 2.91. The number of benzene rings is 1. The standard InChI is InChI=1S/C11H13NO/c1-9(13)11(8-12)7-10-5-3-2-4-6-10/h2-6,8H,7,12H2,1H3/b11-8+. The summed E-state index contributed by atoms with van der Waals surface area (Å²) in [5.41, 5.74) is 7.10. The molecule has 0 fully saturated rings. The van der Waals surface area contributed by atoms with Crippen LogP contribution in [0.3, 0.4) is 0 Å². The quantitative estimate of drug-likeness (QED) is 0.710. The van der Waals surface area contributed by atoms with Crippen LogP contribution >= 0.6 is 0 Å². The summed E-state index contributed by atoms with van der Waals surface area (Å²) < 4.78 is 0. The number of hydrogen-bond donors (Lipinski definition) is 1. The van der Waals surface area contributed by atoms with E-state index >= 15 is 0 Å². The number of Topliss-reactive ketones (excluding diaryl/α,β-unsaturated/α-hetero) is 1. The smallest absolute Gasteiger partial charge is 0.157 e. The Morgan fingerprint density at radius 2 is 2.00 bits per heavy atom. The maximum Gasteiger partial charge on any atom is 0.157 e. The van der Waals surface area contributed by atoms with Gasteiger partial charge < -0.3 is 5.73 Å². The molecule has 0 spiro atoms. The molecule has 0 saturated heterocycles. The van der Waals surface area contributed by atoms with E-state index in [1.165, 1.54) is 13.1 Å². The van der Waals surface area contributed by atoms with Crippen LogP contribution in [0.1, 0.15) is 12.5 Å². The van der Waals surface area contributed by atoms with Crippen LogP contribution in [0, 0.1) is 0 Å². The first-order valence-corrected chi connectivity index (χ1v) is 4.19. The molecule has 2 nitrogen and oxygen atoms in total. The highest BCUT2D eigenvalue weighted by atomic mass is 16.1. The topological polar surface area (TPSA) is 43.1 Å². The average Bonchev–Trinajstić information content (AvgIpc) is 2.15. The zero-order valence-electron chi connectivity index (χ0n) is 7.66. The number of ketones is 1. The van der Waals surface area contributed by atoms with Crippen LogP contribution < -0.4 is 5.73 Å². The second kappa shape index (κ2) is 4.45. The lowest BCUT2D eigenvalue weighted by Gasteiger charge is -2.01. The summed E-state index contributed by atoms with van der Waals surface area (Å²) in [5, 5.41) is 0. The first-order chi connectivity index (χ1) is 6.24. The summed E-state index contributed by atoms with van der Waals surface area (Å²) in [6.45, 7) is 1.53. The maximum absolute atomic E-state index is 11.0. The van der Waals surface area contributed by atoms with E-state index in [0.717, 1.165) is 5.56 Å². The summed E-state index contributed by atoms with van der Waals surface area (Å²) in [7, 11) is 0. The minimum atomic E-state index is 0.0337. The minimum Gasteiger partial charge on any atom is -0.404 e. The molecule has 0 unspecified atom stereocenters. The Kier molecular flexibility index (Phi) is 3.26. The summed E-state index contributed by atoms with van der Waals surface area (Å²) in [5.74, 6) is 0.0337. The highest BCUT2D eigenvalue weighted by Crippen LogP contribution is 2.07. The number of allylic oxidation sites excluding steroid dienone is 1. The van der Waals surface area contributed by atoms with E-state index in [0.29, 0.717) is 12.0 Å². The van der Waals surface area contributed by atoms with E-state index in [1.54, 1.807) is 0 Å². The molecule has 1 rings (SSSR count). The molecule has 1 aromatic rings. The van der Waals surface area contributed by atoms with Crippen molar-refractivity contribution in [3.8, 4) is 0 Å². The fraction of sp³-hybridized carbons (Fsp3) is 0.182. The van der Waals surface area contributed by atoms with Crippen LogP contribution in [0.15, 0.2) is 42.1 Å². The molecule has 0 aliphatic heterocycles. The van der Waals surface area contributed by atoms with Crippen molar-refractivity contribution < 1.29 is 4.79 Å². The van der Waals surface area contributed by atoms with E-state index in [2.05, 4.69) is 0 Å². The third kappa shape index (κ3) is 2.75. The van der Waals surface area contributed by atoms with Gasteiger partial charge in [-0.3, -0.25) is 4.79 Å². The normalized spacial score (nSPS) is 11.3. The zero-order valence-corrected chi connectivity index (χ0v) is 7.66. The molecule has 0 heterocycles. The van der Waals surface area contributed by atoms with Crippen LogP contribution in [0.4, 0.5) is 0 Å². The largest absolute Gasteiger partial charge is 0.404 e. The molecule has 13 heavy (non-hydrogen) atoms. The third-order valence-corrected chi connectivity index (χ3v) is 1.89. The van der Waals surface area contributed by atoms with Gasteiger partial charge in [-0.2, -0.15) is 0 Å². The molecule has 68 valence electrons. The second-order valence-corrected chi connectivity index (χ2v) is 2.91. The number of nitrogens with two attached hydrogens (primary N) is 1. The molecule has 1 aromatic carbocycles. The third-order valence-electron chi connectivity index (χ3n) is 1.89. The van der Waals surface area contributed by atoms with Crippen molar-refractivity contribution in [1.82, 2.24) is 0 Å². The van der Waals surface area contributed by atoms with Crippen LogP contribution in [0.25, 0.3) is 0 Å². The van der Waals surface area contributed by atoms with E-state index in [1.807, 2.05) is 30.3 Å². The van der Waals surface area contributed by atoms with E-state index in [9.17, 15) is 4.79 Å². The van der Waals surface area contributed by atoms with Crippen molar-refractivity contribution in [1.29, 1.82) is 0 Å². The van der Waals surface area contributed by atoms with Gasteiger partial charge in [0.1, 0.15) is 0 Å². The molecule has 0 bridgehead atoms. The first kappa shape index (κ1) is 9.52. The Balaban J connectivity index is 2.74. The van der Waals surface area contributed by atoms with Gasteiger partial charge in [0.05, 0.1) is 0 Å². The van der Waals surface area contributed by atoms with Gasteiger partial charge in [-0.25, -0.2) is 0 Å². The molecular weight excluding hydrogens is 162 g/mol. The lowest BCUT2D eigenvalue weighted by molar-refractivity contribution is -0.113. The number of rotatable bonds is 3. The van der Waals surface area contributed by atoms with Gasteiger partial charge >= 0.3 is 0 Å². The Labute approximate surface area is 78.1 Å². The van der Waals surface area contributed by atoms with Crippen molar-refractivity contribution >= 4 is 5.78 Å². The Bertz CT molecular complexity index is 314. The van der Waals surface area contributed by atoms with Crippen molar-refractivity contribution in [3.05, 3.63) is 47.7 Å². The lowest BCUT2D eigenvalue weighted by Crippen LogP contribution is -2.03. The Hall–Kier alpha value is -1.57. The fourth-order valence-corrected chi connectivity index (χ4v) is 1.12. The van der Waals surface area contributed by atoms with Gasteiger partial charge in [-0.05, 0) is 12.5 Å². The van der Waals surface area contributed by atoms with Gasteiger partial charge in [0, 0.05) is 18.2 Å². The summed E-state index contributed by atoms with van der Waals surface area (Å²) in [6, 6.07) is 9.80. The number of hydrogen-bond acceptors (Lipinski definition) is 2. The van der Waals surface area contributed by atoms with Crippen LogP contribution in [-0.2, 0) is 11.2 Å². The maximum atomic E-state index is 11.0. The van der Waals surface area contributed by atoms with Crippen LogP contribution in [0.2, 0.25) is 0 Å². The molecule has 0 aromatic heterocycles. The summed E-state index contributed by atoms with van der Waals surface area (Å²) >= 11 is 0. The molecule has 0 amide bonds. The summed E-state index contributed by atoms with van der Waals surface area (Å²) in [6.07, 6.45) is 2.00. The van der Waals surface area contributed by atoms with E-state index in [-0.39, 0.29) is 5.78 Å². The molecule has 0 saturated carbocycles. The van der Waals surface area contributed by atoms with Crippen molar-refractivity contribution in [2.24, 2.45) is 5.73 Å². The van der Waals surface area contributed by atoms with Gasteiger partial charge in [-0.15, -0.1) is 0 Å². The van der Waals surface area contributed by atoms with Gasteiger partial charge in [0.15, 0.2) is 5.78 Å². The molecule has 2 N–H and O–H groups in total. The van der Waals surface area contributed by atoms with Crippen LogP contribution in [0.5, 0.6) is 0 Å². The average molecular weight is 175 g/mol. The number of carbonyl (C=O) groups excluding carboxylic acids is 1. The highest BCUT2D eigenvalue weighted by Gasteiger charge is 2.03. The Morgan fingerprint density at radius 3 is 2.46 bits per heavy atom. The fourth-order valence-electron chi connectivity index (χ4n) is 1.12. The predicted molar refractivity (Wildman–Crippen MR) is 53.1 cm³/mol. The molecule has 0 atom stereocenters. The van der Waals surface area contributed by atoms with Crippen LogP contribution in [-0.4, -0.2) is 5.78 Å². The first-order valence-electron chi connectivity index (χ1n) is 4.19. The van der Waals surface area contributed by atoms with Crippen molar-refractivity contribution in [3.63, 3.8) is 0 Å². The molecule has 0 radical (unpaired) electrons. The molecule has 2 heteroatoms. The van der Waals surface area contributed by atoms with Gasteiger partial charge in [0.25, 0.3) is 0 Å². The van der Waals surface area contributed by atoms with Crippen molar-refractivity contribution in [2.75, 3.05) is 0 Å². The predicted octanol–water partition coefficient (Wildman–Crippen LogP) is 1.66. The molecule has 0 aliphatic carbocycles. The number of carbonyl (C=O) groups is 1. The van der Waals surface area contributed by atoms with E-state index in [4.69, 9.17) is 5.73 Å².